The Balaban J connectivity index is 1.76. The molecule has 2 amide bonds. The number of rotatable bonds is 8. The molecule has 0 spiro atoms. The molecule has 10 nitrogen and oxygen atoms in total. The van der Waals surface area contributed by atoms with Crippen LogP contribution in [0.15, 0.2) is 78.9 Å². The van der Waals surface area contributed by atoms with Crippen molar-refractivity contribution in [1.82, 2.24) is 10.6 Å². The Bertz CT molecular complexity index is 1060. The van der Waals surface area contributed by atoms with Crippen LogP contribution in [0.4, 0.5) is 11.4 Å². The number of nitro groups is 2. The highest BCUT2D eigenvalue weighted by Gasteiger charge is 2.19. The van der Waals surface area contributed by atoms with Crippen molar-refractivity contribution in [2.75, 3.05) is 0 Å². The van der Waals surface area contributed by atoms with Gasteiger partial charge in [-0.05, 0) is 29.8 Å². The summed E-state index contributed by atoms with van der Waals surface area (Å²) in [5.74, 6) is -1.05. The molecule has 162 valence electrons. The summed E-state index contributed by atoms with van der Waals surface area (Å²) in [6, 6.07) is 19.3. The Morgan fingerprint density at radius 3 is 1.47 bits per heavy atom. The molecular formula is C22H18N4O6. The molecule has 0 radical (unpaired) electrons. The molecule has 0 aliphatic heterocycles. The molecule has 0 aliphatic carbocycles. The zero-order valence-corrected chi connectivity index (χ0v) is 16.6. The first-order valence-corrected chi connectivity index (χ1v) is 9.48. The van der Waals surface area contributed by atoms with E-state index in [0.717, 1.165) is 5.56 Å². The van der Waals surface area contributed by atoms with Gasteiger partial charge in [-0.3, -0.25) is 29.8 Å². The Hall–Kier alpha value is -4.60. The van der Waals surface area contributed by atoms with E-state index < -0.39 is 27.8 Å². The molecule has 3 aromatic rings. The standard InChI is InChI=1S/C22H18N4O6/c27-21(16-6-10-18(11-7-16)25(29)30)23-20(14-15-4-2-1-3-5-15)24-22(28)17-8-12-19(13-9-17)26(31)32/h1-13,20H,14H2,(H,23,27)(H,24,28). The van der Waals surface area contributed by atoms with Crippen LogP contribution in [0.25, 0.3) is 0 Å². The molecule has 3 rings (SSSR count). The average Bonchev–Trinajstić information content (AvgIpc) is 2.79. The number of hydrogen-bond donors (Lipinski definition) is 2. The second-order valence-electron chi connectivity index (χ2n) is 6.80. The van der Waals surface area contributed by atoms with Gasteiger partial charge in [0.2, 0.25) is 0 Å². The van der Waals surface area contributed by atoms with Gasteiger partial charge in [-0.15, -0.1) is 0 Å². The maximum absolute atomic E-state index is 12.7. The average molecular weight is 434 g/mol. The summed E-state index contributed by atoms with van der Waals surface area (Å²) in [5.41, 5.74) is 0.949. The van der Waals surface area contributed by atoms with E-state index in [4.69, 9.17) is 0 Å². The van der Waals surface area contributed by atoms with Crippen LogP contribution in [0.5, 0.6) is 0 Å². The second kappa shape index (κ2) is 9.94. The number of hydrogen-bond acceptors (Lipinski definition) is 6. The third-order valence-electron chi connectivity index (χ3n) is 4.57. The van der Waals surface area contributed by atoms with Crippen molar-refractivity contribution in [3.8, 4) is 0 Å². The lowest BCUT2D eigenvalue weighted by atomic mass is 10.1. The van der Waals surface area contributed by atoms with Gasteiger partial charge in [-0.1, -0.05) is 30.3 Å². The van der Waals surface area contributed by atoms with Gasteiger partial charge >= 0.3 is 0 Å². The molecule has 32 heavy (non-hydrogen) atoms. The van der Waals surface area contributed by atoms with E-state index in [1.54, 1.807) is 0 Å². The largest absolute Gasteiger partial charge is 0.332 e. The van der Waals surface area contributed by atoms with Crippen molar-refractivity contribution in [2.45, 2.75) is 12.6 Å². The van der Waals surface area contributed by atoms with Gasteiger partial charge in [-0.2, -0.15) is 0 Å². The van der Waals surface area contributed by atoms with Crippen molar-refractivity contribution in [1.29, 1.82) is 0 Å². The smallest absolute Gasteiger partial charge is 0.269 e. The number of non-ortho nitro benzene ring substituents is 2. The van der Waals surface area contributed by atoms with E-state index in [0.29, 0.717) is 0 Å². The van der Waals surface area contributed by atoms with Crippen LogP contribution in [0.1, 0.15) is 26.3 Å². The number of nitro benzene ring substituents is 2. The van der Waals surface area contributed by atoms with Gasteiger partial charge in [0.1, 0.15) is 6.17 Å². The van der Waals surface area contributed by atoms with Crippen molar-refractivity contribution in [3.63, 3.8) is 0 Å². The molecular weight excluding hydrogens is 416 g/mol. The lowest BCUT2D eigenvalue weighted by Gasteiger charge is -2.21. The first-order chi connectivity index (χ1) is 15.3. The van der Waals surface area contributed by atoms with Gasteiger partial charge in [0.25, 0.3) is 23.2 Å². The lowest BCUT2D eigenvalue weighted by molar-refractivity contribution is -0.385. The summed E-state index contributed by atoms with van der Waals surface area (Å²) >= 11 is 0. The predicted molar refractivity (Wildman–Crippen MR) is 115 cm³/mol. The normalized spacial score (nSPS) is 10.4. The SMILES string of the molecule is O=C(NC(Cc1ccccc1)NC(=O)c1ccc([N+](=O)[O-])cc1)c1ccc([N+](=O)[O-])cc1. The molecule has 0 fully saturated rings. The van der Waals surface area contributed by atoms with E-state index in [-0.39, 0.29) is 28.9 Å². The van der Waals surface area contributed by atoms with E-state index >= 15 is 0 Å². The molecule has 0 bridgehead atoms. The topological polar surface area (TPSA) is 144 Å². The summed E-state index contributed by atoms with van der Waals surface area (Å²) in [5, 5.41) is 27.0. The highest BCUT2D eigenvalue weighted by molar-refractivity contribution is 5.97. The summed E-state index contributed by atoms with van der Waals surface area (Å²) in [6.07, 6.45) is -0.527. The molecule has 10 heteroatoms. The number of amides is 2. The first-order valence-electron chi connectivity index (χ1n) is 9.48. The zero-order valence-electron chi connectivity index (χ0n) is 16.6. The molecule has 0 saturated carbocycles. The quantitative estimate of drug-likeness (QED) is 0.316. The van der Waals surface area contributed by atoms with Gasteiger partial charge in [0.05, 0.1) is 9.85 Å². The summed E-state index contributed by atoms with van der Waals surface area (Å²) in [7, 11) is 0. The van der Waals surface area contributed by atoms with Crippen LogP contribution < -0.4 is 10.6 Å². The van der Waals surface area contributed by atoms with E-state index in [1.165, 1.54) is 48.5 Å². The molecule has 0 unspecified atom stereocenters. The van der Waals surface area contributed by atoms with Crippen LogP contribution in [-0.2, 0) is 6.42 Å². The Labute approximate surface area is 182 Å². The predicted octanol–water partition coefficient (Wildman–Crippen LogP) is 3.23. The summed E-state index contributed by atoms with van der Waals surface area (Å²) in [4.78, 5) is 45.8. The monoisotopic (exact) mass is 434 g/mol. The van der Waals surface area contributed by atoms with Crippen LogP contribution in [0.3, 0.4) is 0 Å². The molecule has 0 atom stereocenters. The third kappa shape index (κ3) is 5.72. The van der Waals surface area contributed by atoms with E-state index in [9.17, 15) is 29.8 Å². The number of nitrogens with one attached hydrogen (secondary N) is 2. The number of nitrogens with zero attached hydrogens (tertiary/aromatic N) is 2. The molecule has 2 N–H and O–H groups in total. The Morgan fingerprint density at radius 2 is 1.09 bits per heavy atom. The van der Waals surface area contributed by atoms with Gasteiger partial charge < -0.3 is 10.6 Å². The fourth-order valence-electron chi connectivity index (χ4n) is 2.94. The van der Waals surface area contributed by atoms with Crippen molar-refractivity contribution >= 4 is 23.2 Å². The summed E-state index contributed by atoms with van der Waals surface area (Å²) in [6.45, 7) is 0. The van der Waals surface area contributed by atoms with Crippen molar-refractivity contribution < 1.29 is 19.4 Å². The van der Waals surface area contributed by atoms with E-state index in [1.807, 2.05) is 30.3 Å². The minimum Gasteiger partial charge on any atom is -0.332 e. The second-order valence-corrected chi connectivity index (χ2v) is 6.80. The van der Waals surface area contributed by atoms with Crippen LogP contribution in [0.2, 0.25) is 0 Å². The molecule has 0 heterocycles. The van der Waals surface area contributed by atoms with Crippen molar-refractivity contribution in [3.05, 3.63) is 116 Å². The van der Waals surface area contributed by atoms with Crippen molar-refractivity contribution in [2.24, 2.45) is 0 Å². The molecule has 0 aliphatic rings. The van der Waals surface area contributed by atoms with Crippen LogP contribution >= 0.6 is 0 Å². The van der Waals surface area contributed by atoms with Crippen LogP contribution in [0, 0.1) is 20.2 Å². The molecule has 0 saturated heterocycles. The Kier molecular flexibility index (Phi) is 6.86. The number of carbonyl (C=O) groups is 2. The first kappa shape index (κ1) is 22.1. The van der Waals surface area contributed by atoms with Crippen LogP contribution in [-0.4, -0.2) is 27.8 Å². The maximum atomic E-state index is 12.7. The lowest BCUT2D eigenvalue weighted by Crippen LogP contribution is -2.49. The minimum atomic E-state index is -0.803. The highest BCUT2D eigenvalue weighted by atomic mass is 16.6. The maximum Gasteiger partial charge on any atom is 0.269 e. The zero-order chi connectivity index (χ0) is 23.1. The third-order valence-corrected chi connectivity index (χ3v) is 4.57. The summed E-state index contributed by atoms with van der Waals surface area (Å²) < 4.78 is 0. The van der Waals surface area contributed by atoms with Gasteiger partial charge in [0.15, 0.2) is 0 Å². The number of benzene rings is 3. The fourth-order valence-corrected chi connectivity index (χ4v) is 2.94. The molecule has 3 aromatic carbocycles. The Morgan fingerprint density at radius 1 is 0.688 bits per heavy atom. The minimum absolute atomic E-state index is 0.145. The van der Waals surface area contributed by atoms with Gasteiger partial charge in [0, 0.05) is 41.8 Å². The fraction of sp³-hybridized carbons (Fsp3) is 0.0909. The number of carbonyl (C=O) groups excluding carboxylic acids is 2. The highest BCUT2D eigenvalue weighted by Crippen LogP contribution is 2.14. The van der Waals surface area contributed by atoms with E-state index in [2.05, 4.69) is 10.6 Å². The van der Waals surface area contributed by atoms with Gasteiger partial charge in [-0.25, -0.2) is 0 Å². The molecule has 0 aromatic heterocycles.